The van der Waals surface area contributed by atoms with Crippen molar-refractivity contribution in [2.75, 3.05) is 13.7 Å². The number of methoxy groups -OCH3 is 1. The molecule has 13 heavy (non-hydrogen) atoms. The highest BCUT2D eigenvalue weighted by Gasteiger charge is 2.45. The Balaban J connectivity index is 2.60. The number of hydrogen-bond donors (Lipinski definition) is 4. The maximum Gasteiger partial charge on any atom is 0.186 e. The predicted molar refractivity (Wildman–Crippen MR) is 40.8 cm³/mol. The van der Waals surface area contributed by atoms with Crippen molar-refractivity contribution in [2.45, 2.75) is 30.7 Å². The summed E-state index contributed by atoms with van der Waals surface area (Å²) in [7, 11) is 1.31. The van der Waals surface area contributed by atoms with Crippen LogP contribution >= 0.6 is 0 Å². The fourth-order valence-corrected chi connectivity index (χ4v) is 1.29. The fourth-order valence-electron chi connectivity index (χ4n) is 1.29. The molecular weight excluding hydrogens is 180 g/mol. The molecule has 0 unspecified atom stereocenters. The summed E-state index contributed by atoms with van der Waals surface area (Å²) in [4.78, 5) is 0. The second-order valence-corrected chi connectivity index (χ2v) is 2.94. The third-order valence-corrected chi connectivity index (χ3v) is 2.06. The van der Waals surface area contributed by atoms with Crippen LogP contribution < -0.4 is 0 Å². The summed E-state index contributed by atoms with van der Waals surface area (Å²) < 4.78 is 9.65. The van der Waals surface area contributed by atoms with Crippen molar-refractivity contribution in [3.05, 3.63) is 0 Å². The number of aliphatic hydroxyl groups excluding tert-OH is 4. The normalized spacial score (nSPS) is 42.2. The van der Waals surface area contributed by atoms with Crippen molar-refractivity contribution in [3.63, 3.8) is 0 Å². The van der Waals surface area contributed by atoms with Crippen molar-refractivity contribution in [3.8, 4) is 0 Å². The molecule has 0 aliphatic carbocycles. The van der Waals surface area contributed by atoms with Gasteiger partial charge in [-0.25, -0.2) is 0 Å². The SMILES string of the molecule is CO[C@H]1O[C@@H]([C@H](O)CO)[C@H](O)[C@H]1O. The van der Waals surface area contributed by atoms with E-state index in [1.807, 2.05) is 0 Å². The van der Waals surface area contributed by atoms with E-state index >= 15 is 0 Å². The van der Waals surface area contributed by atoms with Gasteiger partial charge in [-0.1, -0.05) is 0 Å². The Kier molecular flexibility index (Phi) is 3.60. The molecule has 1 saturated heterocycles. The summed E-state index contributed by atoms with van der Waals surface area (Å²) >= 11 is 0. The molecule has 5 atom stereocenters. The molecule has 1 rings (SSSR count). The maximum absolute atomic E-state index is 9.33. The minimum atomic E-state index is -1.24. The van der Waals surface area contributed by atoms with Crippen molar-refractivity contribution >= 4 is 0 Å². The van der Waals surface area contributed by atoms with Gasteiger partial charge in [0.25, 0.3) is 0 Å². The molecule has 6 nitrogen and oxygen atoms in total. The van der Waals surface area contributed by atoms with E-state index in [2.05, 4.69) is 0 Å². The number of rotatable bonds is 3. The van der Waals surface area contributed by atoms with Gasteiger partial charge < -0.3 is 29.9 Å². The molecular formula is C7H14O6. The first-order valence-electron chi connectivity index (χ1n) is 3.95. The minimum absolute atomic E-state index is 0.537. The second kappa shape index (κ2) is 4.32. The van der Waals surface area contributed by atoms with Crippen molar-refractivity contribution in [1.29, 1.82) is 0 Å². The largest absolute Gasteiger partial charge is 0.394 e. The Bertz CT molecular complexity index is 163. The van der Waals surface area contributed by atoms with Gasteiger partial charge in [0.15, 0.2) is 6.29 Å². The van der Waals surface area contributed by atoms with Crippen LogP contribution in [0.2, 0.25) is 0 Å². The first-order chi connectivity index (χ1) is 6.11. The number of hydrogen-bond acceptors (Lipinski definition) is 6. The average molecular weight is 194 g/mol. The zero-order chi connectivity index (χ0) is 10.0. The second-order valence-electron chi connectivity index (χ2n) is 2.94. The van der Waals surface area contributed by atoms with Gasteiger partial charge in [0.2, 0.25) is 0 Å². The van der Waals surface area contributed by atoms with E-state index in [9.17, 15) is 10.2 Å². The lowest BCUT2D eigenvalue weighted by Crippen LogP contribution is -2.40. The van der Waals surface area contributed by atoms with E-state index in [-0.39, 0.29) is 0 Å². The van der Waals surface area contributed by atoms with Gasteiger partial charge in [0.05, 0.1) is 6.61 Å². The molecule has 1 heterocycles. The molecule has 1 aliphatic heterocycles. The van der Waals surface area contributed by atoms with Crippen LogP contribution in [0.3, 0.4) is 0 Å². The minimum Gasteiger partial charge on any atom is -0.394 e. The number of ether oxygens (including phenoxy) is 2. The smallest absolute Gasteiger partial charge is 0.186 e. The lowest BCUT2D eigenvalue weighted by molar-refractivity contribution is -0.166. The molecule has 6 heteroatoms. The highest BCUT2D eigenvalue weighted by molar-refractivity contribution is 4.90. The summed E-state index contributed by atoms with van der Waals surface area (Å²) in [6.45, 7) is -0.537. The van der Waals surface area contributed by atoms with E-state index in [0.717, 1.165) is 0 Å². The molecule has 1 fully saturated rings. The van der Waals surface area contributed by atoms with Crippen LogP contribution in [0.15, 0.2) is 0 Å². The van der Waals surface area contributed by atoms with Gasteiger partial charge in [-0.15, -0.1) is 0 Å². The molecule has 0 radical (unpaired) electrons. The molecule has 4 N–H and O–H groups in total. The molecule has 0 bridgehead atoms. The maximum atomic E-state index is 9.33. The van der Waals surface area contributed by atoms with Gasteiger partial charge in [-0.05, 0) is 0 Å². The van der Waals surface area contributed by atoms with Gasteiger partial charge in [-0.2, -0.15) is 0 Å². The molecule has 0 amide bonds. The summed E-state index contributed by atoms with van der Waals surface area (Å²) in [5.74, 6) is 0. The van der Waals surface area contributed by atoms with Crippen LogP contribution in [0.25, 0.3) is 0 Å². The molecule has 78 valence electrons. The molecule has 0 aromatic heterocycles. The summed E-state index contributed by atoms with van der Waals surface area (Å²) in [6.07, 6.45) is -5.63. The number of aliphatic hydroxyl groups is 4. The van der Waals surface area contributed by atoms with Crippen LogP contribution in [0.1, 0.15) is 0 Å². The van der Waals surface area contributed by atoms with E-state index in [0.29, 0.717) is 0 Å². The third-order valence-electron chi connectivity index (χ3n) is 2.06. The first-order valence-corrected chi connectivity index (χ1v) is 3.95. The van der Waals surface area contributed by atoms with Gasteiger partial charge in [0, 0.05) is 7.11 Å². The molecule has 1 aliphatic rings. The van der Waals surface area contributed by atoms with Crippen LogP contribution in [0.4, 0.5) is 0 Å². The van der Waals surface area contributed by atoms with E-state index in [1.54, 1.807) is 0 Å². The Morgan fingerprint density at radius 1 is 1.38 bits per heavy atom. The van der Waals surface area contributed by atoms with Crippen LogP contribution in [-0.2, 0) is 9.47 Å². The van der Waals surface area contributed by atoms with E-state index < -0.39 is 37.3 Å². The molecule has 0 aromatic carbocycles. The van der Waals surface area contributed by atoms with Crippen molar-refractivity contribution < 1.29 is 29.9 Å². The topological polar surface area (TPSA) is 99.4 Å². The Morgan fingerprint density at radius 3 is 2.38 bits per heavy atom. The molecule has 0 saturated carbocycles. The van der Waals surface area contributed by atoms with Crippen molar-refractivity contribution in [2.24, 2.45) is 0 Å². The lowest BCUT2D eigenvalue weighted by Gasteiger charge is -2.18. The zero-order valence-corrected chi connectivity index (χ0v) is 7.20. The van der Waals surface area contributed by atoms with E-state index in [4.69, 9.17) is 19.7 Å². The van der Waals surface area contributed by atoms with Gasteiger partial charge >= 0.3 is 0 Å². The fraction of sp³-hybridized carbons (Fsp3) is 1.00. The average Bonchev–Trinajstić information content (AvgIpc) is 2.43. The summed E-state index contributed by atoms with van der Waals surface area (Å²) in [6, 6.07) is 0. The Morgan fingerprint density at radius 2 is 2.00 bits per heavy atom. The highest BCUT2D eigenvalue weighted by atomic mass is 16.7. The summed E-state index contributed by atoms with van der Waals surface area (Å²) in [5.41, 5.74) is 0. The van der Waals surface area contributed by atoms with E-state index in [1.165, 1.54) is 7.11 Å². The highest BCUT2D eigenvalue weighted by Crippen LogP contribution is 2.23. The predicted octanol–water partition coefficient (Wildman–Crippen LogP) is -2.57. The zero-order valence-electron chi connectivity index (χ0n) is 7.20. The summed E-state index contributed by atoms with van der Waals surface area (Å²) in [5, 5.41) is 36.4. The van der Waals surface area contributed by atoms with Crippen molar-refractivity contribution in [1.82, 2.24) is 0 Å². The standard InChI is InChI=1S/C7H14O6/c1-12-7-5(11)4(10)6(13-7)3(9)2-8/h3-11H,2H2,1H3/t3-,4-,5-,6+,7+/m1/s1. The van der Waals surface area contributed by atoms with Crippen LogP contribution in [0.5, 0.6) is 0 Å². The molecule has 0 spiro atoms. The monoisotopic (exact) mass is 194 g/mol. The van der Waals surface area contributed by atoms with Gasteiger partial charge in [-0.3, -0.25) is 0 Å². The van der Waals surface area contributed by atoms with Crippen LogP contribution in [-0.4, -0.2) is 64.8 Å². The molecule has 0 aromatic rings. The van der Waals surface area contributed by atoms with Gasteiger partial charge in [0.1, 0.15) is 24.4 Å². The third kappa shape index (κ3) is 1.98. The first kappa shape index (κ1) is 10.8. The van der Waals surface area contributed by atoms with Crippen LogP contribution in [0, 0.1) is 0 Å². The Labute approximate surface area is 75.3 Å². The Hall–Kier alpha value is -0.240. The lowest BCUT2D eigenvalue weighted by atomic mass is 10.1. The quantitative estimate of drug-likeness (QED) is 0.394.